The Kier molecular flexibility index (Phi) is 4.44. The molecule has 0 spiro atoms. The zero-order valence-corrected chi connectivity index (χ0v) is 17.1. The molecule has 8 heteroatoms. The van der Waals surface area contributed by atoms with Gasteiger partial charge >= 0.3 is 0 Å². The van der Waals surface area contributed by atoms with Gasteiger partial charge in [-0.3, -0.25) is 10.00 Å². The van der Waals surface area contributed by atoms with Gasteiger partial charge in [-0.05, 0) is 44.2 Å². The molecule has 0 unspecified atom stereocenters. The fourth-order valence-corrected chi connectivity index (χ4v) is 4.16. The van der Waals surface area contributed by atoms with Crippen molar-refractivity contribution in [3.8, 4) is 11.5 Å². The number of nitrogens with one attached hydrogen (secondary N) is 2. The summed E-state index contributed by atoms with van der Waals surface area (Å²) in [7, 11) is 0. The minimum absolute atomic E-state index is 0.0690. The number of nitrogens with zero attached hydrogens (tertiary/aromatic N) is 4. The van der Waals surface area contributed by atoms with Gasteiger partial charge in [-0.1, -0.05) is 11.6 Å². The Hall–Kier alpha value is -2.64. The van der Waals surface area contributed by atoms with Gasteiger partial charge in [0.2, 0.25) is 0 Å². The second-order valence-corrected chi connectivity index (χ2v) is 8.19. The molecule has 0 saturated carbocycles. The minimum atomic E-state index is -0.472. The summed E-state index contributed by atoms with van der Waals surface area (Å²) in [5.74, 6) is 0.135. The third-order valence-electron chi connectivity index (χ3n) is 5.70. The smallest absolute Gasteiger partial charge is 0.159 e. The van der Waals surface area contributed by atoms with Gasteiger partial charge in [0.15, 0.2) is 5.82 Å². The fraction of sp³-hybridized carbons (Fsp3) is 0.333. The molecule has 3 heterocycles. The minimum Gasteiger partial charge on any atom is -0.369 e. The lowest BCUT2D eigenvalue weighted by Gasteiger charge is -2.38. The average Bonchev–Trinajstić information content (AvgIpc) is 3.31. The normalized spacial score (nSPS) is 15.8. The molecule has 2 N–H and O–H groups in total. The maximum absolute atomic E-state index is 13.9. The number of halogens is 2. The van der Waals surface area contributed by atoms with Crippen LogP contribution in [-0.2, 0) is 0 Å². The number of hydrogen-bond donors (Lipinski definition) is 2. The van der Waals surface area contributed by atoms with Crippen LogP contribution < -0.4 is 4.90 Å². The Labute approximate surface area is 172 Å². The largest absolute Gasteiger partial charge is 0.369 e. The Balaban J connectivity index is 1.47. The molecule has 2 aromatic heterocycles. The standard InChI is InChI=1S/C21H22ClFN6/c1-12(2)28-5-7-29(8-6-28)13-3-4-17-19(9-13)25-21(24-17)20-14-10-16(23)15(22)11-18(14)26-27-20/h3-4,9-12H,5-8H2,1-2H3,(H,24,25)(H,26,27). The number of H-pyrrole nitrogens is 2. The number of aromatic nitrogens is 4. The topological polar surface area (TPSA) is 63.8 Å². The lowest BCUT2D eigenvalue weighted by molar-refractivity contribution is 0.209. The molecule has 1 aliphatic rings. The van der Waals surface area contributed by atoms with E-state index in [0.29, 0.717) is 28.5 Å². The van der Waals surface area contributed by atoms with Crippen molar-refractivity contribution >= 4 is 39.2 Å². The molecule has 4 aromatic rings. The maximum Gasteiger partial charge on any atom is 0.159 e. The first kappa shape index (κ1) is 18.4. The van der Waals surface area contributed by atoms with E-state index >= 15 is 0 Å². The molecule has 0 amide bonds. The highest BCUT2D eigenvalue weighted by Crippen LogP contribution is 2.30. The summed E-state index contributed by atoms with van der Waals surface area (Å²) in [6.07, 6.45) is 0. The molecule has 29 heavy (non-hydrogen) atoms. The van der Waals surface area contributed by atoms with E-state index in [0.717, 1.165) is 37.2 Å². The van der Waals surface area contributed by atoms with Gasteiger partial charge in [-0.2, -0.15) is 5.10 Å². The molecule has 1 fully saturated rings. The summed E-state index contributed by atoms with van der Waals surface area (Å²) in [5, 5.41) is 7.94. The molecular formula is C21H22ClFN6. The molecule has 6 nitrogen and oxygen atoms in total. The van der Waals surface area contributed by atoms with Gasteiger partial charge in [0.1, 0.15) is 11.5 Å². The molecule has 5 rings (SSSR count). The molecule has 0 bridgehead atoms. The fourth-order valence-electron chi connectivity index (χ4n) is 4.00. The van der Waals surface area contributed by atoms with Crippen molar-refractivity contribution in [1.29, 1.82) is 0 Å². The van der Waals surface area contributed by atoms with Gasteiger partial charge in [-0.15, -0.1) is 0 Å². The van der Waals surface area contributed by atoms with Crippen LogP contribution in [0.15, 0.2) is 30.3 Å². The van der Waals surface area contributed by atoms with E-state index in [2.05, 4.69) is 55.9 Å². The molecular weight excluding hydrogens is 391 g/mol. The lowest BCUT2D eigenvalue weighted by Crippen LogP contribution is -2.48. The highest BCUT2D eigenvalue weighted by Gasteiger charge is 2.20. The van der Waals surface area contributed by atoms with Crippen LogP contribution in [0.5, 0.6) is 0 Å². The highest BCUT2D eigenvalue weighted by molar-refractivity contribution is 6.31. The second kappa shape index (κ2) is 7.00. The Morgan fingerprint density at radius 2 is 1.86 bits per heavy atom. The predicted molar refractivity (Wildman–Crippen MR) is 115 cm³/mol. The van der Waals surface area contributed by atoms with Crippen molar-refractivity contribution in [2.45, 2.75) is 19.9 Å². The Morgan fingerprint density at radius 3 is 2.62 bits per heavy atom. The van der Waals surface area contributed by atoms with Crippen LogP contribution in [0.2, 0.25) is 5.02 Å². The summed E-state index contributed by atoms with van der Waals surface area (Å²) in [6.45, 7) is 8.64. The van der Waals surface area contributed by atoms with Crippen molar-refractivity contribution in [3.63, 3.8) is 0 Å². The van der Waals surface area contributed by atoms with E-state index in [9.17, 15) is 4.39 Å². The van der Waals surface area contributed by atoms with Crippen LogP contribution in [0, 0.1) is 5.82 Å². The van der Waals surface area contributed by atoms with E-state index < -0.39 is 5.82 Å². The zero-order chi connectivity index (χ0) is 20.1. The van der Waals surface area contributed by atoms with Crippen molar-refractivity contribution in [2.75, 3.05) is 31.1 Å². The first-order chi connectivity index (χ1) is 14.0. The Bertz CT molecular complexity index is 1190. The molecule has 0 aliphatic carbocycles. The van der Waals surface area contributed by atoms with Crippen LogP contribution in [-0.4, -0.2) is 57.3 Å². The van der Waals surface area contributed by atoms with Gasteiger partial charge in [0.25, 0.3) is 0 Å². The number of imidazole rings is 1. The van der Waals surface area contributed by atoms with Crippen LogP contribution in [0.25, 0.3) is 33.5 Å². The summed E-state index contributed by atoms with van der Waals surface area (Å²) in [6, 6.07) is 9.77. The third-order valence-corrected chi connectivity index (χ3v) is 5.99. The molecule has 2 aromatic carbocycles. The summed E-state index contributed by atoms with van der Waals surface area (Å²) in [4.78, 5) is 12.9. The number of anilines is 1. The number of aromatic amines is 2. The van der Waals surface area contributed by atoms with Crippen LogP contribution >= 0.6 is 11.6 Å². The number of piperazine rings is 1. The molecule has 150 valence electrons. The third kappa shape index (κ3) is 3.24. The Morgan fingerprint density at radius 1 is 1.07 bits per heavy atom. The summed E-state index contributed by atoms with van der Waals surface area (Å²) < 4.78 is 13.9. The highest BCUT2D eigenvalue weighted by atomic mass is 35.5. The van der Waals surface area contributed by atoms with E-state index in [4.69, 9.17) is 11.6 Å². The second-order valence-electron chi connectivity index (χ2n) is 7.79. The molecule has 0 radical (unpaired) electrons. The van der Waals surface area contributed by atoms with Crippen LogP contribution in [0.3, 0.4) is 0 Å². The molecule has 1 saturated heterocycles. The van der Waals surface area contributed by atoms with E-state index in [1.807, 2.05) is 6.07 Å². The van der Waals surface area contributed by atoms with Crippen molar-refractivity contribution in [1.82, 2.24) is 25.1 Å². The maximum atomic E-state index is 13.9. The van der Waals surface area contributed by atoms with E-state index in [1.165, 1.54) is 11.8 Å². The predicted octanol–water partition coefficient (Wildman–Crippen LogP) is 4.43. The molecule has 1 aliphatic heterocycles. The lowest BCUT2D eigenvalue weighted by atomic mass is 10.2. The van der Waals surface area contributed by atoms with E-state index in [-0.39, 0.29) is 5.02 Å². The van der Waals surface area contributed by atoms with Crippen LogP contribution in [0.4, 0.5) is 10.1 Å². The van der Waals surface area contributed by atoms with Gasteiger partial charge < -0.3 is 9.88 Å². The van der Waals surface area contributed by atoms with Gasteiger partial charge in [-0.25, -0.2) is 9.37 Å². The zero-order valence-electron chi connectivity index (χ0n) is 16.3. The quantitative estimate of drug-likeness (QED) is 0.522. The SMILES string of the molecule is CC(C)N1CCN(c2ccc3nc(-c4n[nH]c5cc(Cl)c(F)cc45)[nH]c3c2)CC1. The molecule has 0 atom stereocenters. The van der Waals surface area contributed by atoms with Crippen LogP contribution in [0.1, 0.15) is 13.8 Å². The first-order valence-electron chi connectivity index (χ1n) is 9.82. The van der Waals surface area contributed by atoms with Crippen molar-refractivity contribution in [2.24, 2.45) is 0 Å². The number of hydrogen-bond acceptors (Lipinski definition) is 4. The number of fused-ring (bicyclic) bond motifs is 2. The first-order valence-corrected chi connectivity index (χ1v) is 10.2. The van der Waals surface area contributed by atoms with Gasteiger partial charge in [0, 0.05) is 43.3 Å². The van der Waals surface area contributed by atoms with E-state index in [1.54, 1.807) is 6.07 Å². The summed E-state index contributed by atoms with van der Waals surface area (Å²) >= 11 is 5.87. The van der Waals surface area contributed by atoms with Gasteiger partial charge in [0.05, 0.1) is 21.6 Å². The number of rotatable bonds is 3. The number of benzene rings is 2. The monoisotopic (exact) mass is 412 g/mol. The van der Waals surface area contributed by atoms with Crippen molar-refractivity contribution < 1.29 is 4.39 Å². The van der Waals surface area contributed by atoms with Crippen molar-refractivity contribution in [3.05, 3.63) is 41.2 Å². The average molecular weight is 413 g/mol. The summed E-state index contributed by atoms with van der Waals surface area (Å²) in [5.41, 5.74) is 4.24.